The number of aliphatic hydroxyl groups excluding tert-OH is 1. The summed E-state index contributed by atoms with van der Waals surface area (Å²) in [5, 5.41) is 14.9. The molecule has 35 heavy (non-hydrogen) atoms. The van der Waals surface area contributed by atoms with E-state index in [9.17, 15) is 14.7 Å². The van der Waals surface area contributed by atoms with E-state index in [1.807, 2.05) is 6.07 Å². The van der Waals surface area contributed by atoms with Crippen molar-refractivity contribution in [3.8, 4) is 11.5 Å². The summed E-state index contributed by atoms with van der Waals surface area (Å²) < 4.78 is 14.5. The first-order valence-electron chi connectivity index (χ1n) is 10.7. The number of nitrogens with zero attached hydrogens (tertiary/aromatic N) is 6. The number of aromatic nitrogens is 5. The van der Waals surface area contributed by atoms with Gasteiger partial charge in [-0.3, -0.25) is 18.9 Å². The fourth-order valence-corrected chi connectivity index (χ4v) is 3.45. The van der Waals surface area contributed by atoms with Gasteiger partial charge in [-0.25, -0.2) is 10.2 Å². The molecule has 12 heteroatoms. The monoisotopic (exact) mass is 479 g/mol. The second-order valence-electron chi connectivity index (χ2n) is 7.72. The molecule has 0 aliphatic carbocycles. The average Bonchev–Trinajstić information content (AvgIpc) is 3.24. The molecule has 0 saturated carbocycles. The molecule has 0 radical (unpaired) electrons. The van der Waals surface area contributed by atoms with Crippen molar-refractivity contribution in [1.29, 1.82) is 0 Å². The van der Waals surface area contributed by atoms with Crippen LogP contribution in [0.5, 0.6) is 11.5 Å². The Bertz CT molecular complexity index is 1460. The number of anilines is 1. The van der Waals surface area contributed by atoms with Crippen molar-refractivity contribution in [3.63, 3.8) is 0 Å². The van der Waals surface area contributed by atoms with E-state index in [0.717, 1.165) is 10.1 Å². The Labute approximate surface area is 199 Å². The van der Waals surface area contributed by atoms with E-state index in [0.29, 0.717) is 11.5 Å². The number of pyridine rings is 1. The topological polar surface area (TPSA) is 138 Å². The van der Waals surface area contributed by atoms with Crippen LogP contribution in [0.4, 0.5) is 5.95 Å². The van der Waals surface area contributed by atoms with Gasteiger partial charge in [0.2, 0.25) is 5.95 Å². The number of rotatable bonds is 9. The van der Waals surface area contributed by atoms with E-state index in [1.54, 1.807) is 49.8 Å². The molecular weight excluding hydrogens is 454 g/mol. The minimum absolute atomic E-state index is 0.0369. The molecule has 0 saturated heterocycles. The van der Waals surface area contributed by atoms with Gasteiger partial charge in [-0.2, -0.15) is 10.1 Å². The molecule has 0 amide bonds. The normalized spacial score (nSPS) is 12.2. The van der Waals surface area contributed by atoms with E-state index in [2.05, 4.69) is 20.5 Å². The Morgan fingerprint density at radius 1 is 1.14 bits per heavy atom. The number of hydrogen-bond donors (Lipinski definition) is 2. The second kappa shape index (κ2) is 10.2. The molecule has 182 valence electrons. The molecule has 4 aromatic rings. The molecular formula is C23H25N7O5. The average molecular weight is 479 g/mol. The van der Waals surface area contributed by atoms with Gasteiger partial charge in [-0.1, -0.05) is 6.07 Å². The third-order valence-electron chi connectivity index (χ3n) is 5.31. The van der Waals surface area contributed by atoms with Gasteiger partial charge in [0.25, 0.3) is 5.56 Å². The molecule has 2 N–H and O–H groups in total. The molecule has 12 nitrogen and oxygen atoms in total. The number of hydrazone groups is 1. The van der Waals surface area contributed by atoms with Crippen LogP contribution >= 0.6 is 0 Å². The molecule has 0 fully saturated rings. The summed E-state index contributed by atoms with van der Waals surface area (Å²) >= 11 is 0. The first-order valence-corrected chi connectivity index (χ1v) is 10.7. The summed E-state index contributed by atoms with van der Waals surface area (Å²) in [6.07, 6.45) is 3.82. The Balaban J connectivity index is 1.62. The predicted octanol–water partition coefficient (Wildman–Crippen LogP) is 0.723. The minimum Gasteiger partial charge on any atom is -0.497 e. The maximum Gasteiger partial charge on any atom is 0.332 e. The SMILES string of the molecule is COc1ccc(OC[C@@H](O)Cn2c(N/N=C/c3cccnc3)nc3c2c(=O)n(C)c(=O)n3C)cc1. The molecule has 0 spiro atoms. The molecule has 0 aliphatic rings. The molecule has 1 atom stereocenters. The summed E-state index contributed by atoms with van der Waals surface area (Å²) in [6, 6.07) is 10.5. The Hall–Kier alpha value is -4.45. The van der Waals surface area contributed by atoms with Crippen molar-refractivity contribution in [2.24, 2.45) is 19.2 Å². The lowest BCUT2D eigenvalue weighted by atomic mass is 10.3. The molecule has 3 heterocycles. The van der Waals surface area contributed by atoms with E-state index in [4.69, 9.17) is 9.47 Å². The van der Waals surface area contributed by atoms with Crippen LogP contribution in [-0.2, 0) is 20.6 Å². The number of benzene rings is 1. The summed E-state index contributed by atoms with van der Waals surface area (Å²) in [5.74, 6) is 1.42. The number of methoxy groups -OCH3 is 1. The third-order valence-corrected chi connectivity index (χ3v) is 5.31. The first kappa shape index (κ1) is 23.7. The van der Waals surface area contributed by atoms with Crippen molar-refractivity contribution in [2.75, 3.05) is 19.1 Å². The second-order valence-corrected chi connectivity index (χ2v) is 7.72. The molecule has 4 rings (SSSR count). The lowest BCUT2D eigenvalue weighted by molar-refractivity contribution is 0.0938. The zero-order chi connectivity index (χ0) is 24.9. The van der Waals surface area contributed by atoms with Gasteiger partial charge < -0.3 is 19.1 Å². The molecule has 3 aromatic heterocycles. The van der Waals surface area contributed by atoms with E-state index in [1.165, 1.54) is 29.4 Å². The number of aliphatic hydroxyl groups is 1. The molecule has 0 aliphatic heterocycles. The number of ether oxygens (including phenoxy) is 2. The highest BCUT2D eigenvalue weighted by molar-refractivity contribution is 5.80. The standard InChI is InChI=1S/C23H25N7O5/c1-28-20-19(21(32)29(2)23(28)33)30(22(26-20)27-25-12-15-5-4-10-24-11-15)13-16(31)14-35-18-8-6-17(34-3)7-9-18/h4-12,16,31H,13-14H2,1-3H3,(H,26,27)/b25-12+/t16-/m0/s1. The van der Waals surface area contributed by atoms with Crippen molar-refractivity contribution in [2.45, 2.75) is 12.6 Å². The zero-order valence-electron chi connectivity index (χ0n) is 19.5. The summed E-state index contributed by atoms with van der Waals surface area (Å²) in [5.41, 5.74) is 2.82. The van der Waals surface area contributed by atoms with Crippen LogP contribution in [0.1, 0.15) is 5.56 Å². The van der Waals surface area contributed by atoms with Crippen LogP contribution in [0.2, 0.25) is 0 Å². The number of hydrogen-bond acceptors (Lipinski definition) is 9. The van der Waals surface area contributed by atoms with Crippen LogP contribution in [0.3, 0.4) is 0 Å². The summed E-state index contributed by atoms with van der Waals surface area (Å²) in [7, 11) is 4.48. The van der Waals surface area contributed by atoms with Gasteiger partial charge in [0.05, 0.1) is 19.9 Å². The van der Waals surface area contributed by atoms with Crippen molar-refractivity contribution < 1.29 is 14.6 Å². The first-order chi connectivity index (χ1) is 16.9. The predicted molar refractivity (Wildman–Crippen MR) is 130 cm³/mol. The Morgan fingerprint density at radius 2 is 1.89 bits per heavy atom. The summed E-state index contributed by atoms with van der Waals surface area (Å²) in [6.45, 7) is -0.0820. The lowest BCUT2D eigenvalue weighted by Crippen LogP contribution is -2.38. The molecule has 0 unspecified atom stereocenters. The van der Waals surface area contributed by atoms with E-state index in [-0.39, 0.29) is 30.3 Å². The number of imidazole rings is 1. The third kappa shape index (κ3) is 5.06. The number of aryl methyl sites for hydroxylation is 1. The van der Waals surface area contributed by atoms with Crippen LogP contribution in [0.25, 0.3) is 11.2 Å². The maximum absolute atomic E-state index is 12.9. The lowest BCUT2D eigenvalue weighted by Gasteiger charge is -2.15. The van der Waals surface area contributed by atoms with Crippen molar-refractivity contribution in [3.05, 3.63) is 75.2 Å². The maximum atomic E-state index is 12.9. The van der Waals surface area contributed by atoms with Crippen LogP contribution in [-0.4, -0.2) is 54.8 Å². The van der Waals surface area contributed by atoms with Crippen LogP contribution in [0, 0.1) is 0 Å². The van der Waals surface area contributed by atoms with Crippen molar-refractivity contribution >= 4 is 23.3 Å². The van der Waals surface area contributed by atoms with Gasteiger partial charge in [-0.05, 0) is 30.3 Å². The van der Waals surface area contributed by atoms with E-state index < -0.39 is 17.4 Å². The fraction of sp³-hybridized carbons (Fsp3) is 0.261. The van der Waals surface area contributed by atoms with Crippen LogP contribution < -0.4 is 26.1 Å². The highest BCUT2D eigenvalue weighted by Gasteiger charge is 2.21. The minimum atomic E-state index is -1.00. The van der Waals surface area contributed by atoms with Gasteiger partial charge in [0.1, 0.15) is 24.2 Å². The van der Waals surface area contributed by atoms with Crippen molar-refractivity contribution in [1.82, 2.24) is 23.7 Å². The quantitative estimate of drug-likeness (QED) is 0.265. The summed E-state index contributed by atoms with van der Waals surface area (Å²) in [4.78, 5) is 33.8. The molecule has 1 aromatic carbocycles. The highest BCUT2D eigenvalue weighted by atomic mass is 16.5. The Kier molecular flexibility index (Phi) is 6.92. The smallest absolute Gasteiger partial charge is 0.332 e. The van der Waals surface area contributed by atoms with Gasteiger partial charge in [-0.15, -0.1) is 0 Å². The van der Waals surface area contributed by atoms with Crippen LogP contribution in [0.15, 0.2) is 63.5 Å². The highest BCUT2D eigenvalue weighted by Crippen LogP contribution is 2.19. The largest absolute Gasteiger partial charge is 0.497 e. The van der Waals surface area contributed by atoms with Gasteiger partial charge >= 0.3 is 5.69 Å². The zero-order valence-corrected chi connectivity index (χ0v) is 19.5. The molecule has 0 bridgehead atoms. The van der Waals surface area contributed by atoms with Gasteiger partial charge in [0.15, 0.2) is 11.2 Å². The number of fused-ring (bicyclic) bond motifs is 1. The number of nitrogens with one attached hydrogen (secondary N) is 1. The fourth-order valence-electron chi connectivity index (χ4n) is 3.45. The Morgan fingerprint density at radius 3 is 2.57 bits per heavy atom. The van der Waals surface area contributed by atoms with E-state index >= 15 is 0 Å². The van der Waals surface area contributed by atoms with Gasteiger partial charge in [0, 0.05) is 32.1 Å².